The van der Waals surface area contributed by atoms with Crippen LogP contribution in [-0.2, 0) is 6.54 Å². The Morgan fingerprint density at radius 3 is 2.43 bits per heavy atom. The van der Waals surface area contributed by atoms with Gasteiger partial charge in [0.2, 0.25) is 0 Å². The average molecular weight is 334 g/mol. The lowest BCUT2D eigenvalue weighted by atomic mass is 10.2. The molecule has 4 nitrogen and oxygen atoms in total. The van der Waals surface area contributed by atoms with Crippen molar-refractivity contribution in [2.45, 2.75) is 6.54 Å². The summed E-state index contributed by atoms with van der Waals surface area (Å²) in [6.45, 7) is 4.72. The van der Waals surface area contributed by atoms with Crippen molar-refractivity contribution in [3.63, 3.8) is 0 Å². The van der Waals surface area contributed by atoms with Crippen LogP contribution in [0.4, 0.5) is 5.69 Å². The normalized spacial score (nSPS) is 10.0. The topological polar surface area (TPSA) is 39.7 Å². The summed E-state index contributed by atoms with van der Waals surface area (Å²) in [5.41, 5.74) is 1.99. The molecule has 0 aliphatic rings. The van der Waals surface area contributed by atoms with Gasteiger partial charge in [-0.2, -0.15) is 0 Å². The van der Waals surface area contributed by atoms with Crippen LogP contribution in [0.5, 0.6) is 17.2 Å². The fraction of sp³-hybridized carbons (Fsp3) is 0.222. The van der Waals surface area contributed by atoms with Gasteiger partial charge in [-0.3, -0.25) is 0 Å². The molecule has 0 fully saturated rings. The molecule has 0 atom stereocenters. The van der Waals surface area contributed by atoms with Crippen molar-refractivity contribution in [2.24, 2.45) is 0 Å². The van der Waals surface area contributed by atoms with E-state index in [0.717, 1.165) is 11.3 Å². The number of rotatable bonds is 8. The zero-order chi connectivity index (χ0) is 16.7. The number of nitrogens with one attached hydrogen (secondary N) is 1. The number of hydrogen-bond donors (Lipinski definition) is 1. The van der Waals surface area contributed by atoms with Crippen molar-refractivity contribution in [3.8, 4) is 17.2 Å². The van der Waals surface area contributed by atoms with E-state index in [2.05, 4.69) is 11.9 Å². The van der Waals surface area contributed by atoms with Crippen molar-refractivity contribution in [2.75, 3.05) is 26.1 Å². The van der Waals surface area contributed by atoms with Gasteiger partial charge in [-0.05, 0) is 35.9 Å². The average Bonchev–Trinajstić information content (AvgIpc) is 2.58. The molecule has 2 aromatic carbocycles. The summed E-state index contributed by atoms with van der Waals surface area (Å²) in [5.74, 6) is 2.05. The van der Waals surface area contributed by atoms with Crippen LogP contribution in [0, 0.1) is 0 Å². The molecule has 0 aliphatic heterocycles. The van der Waals surface area contributed by atoms with Gasteiger partial charge in [0.05, 0.1) is 19.2 Å². The standard InChI is InChI=1S/C18H20ClNO3/c1-4-9-23-17-7-5-13(10-18(17)22-3)12-20-14-6-8-16(21-2)15(19)11-14/h4-8,10-11,20H,1,9,12H2,2-3H3. The number of halogens is 1. The Kier molecular flexibility index (Phi) is 6.18. The number of methoxy groups -OCH3 is 2. The van der Waals surface area contributed by atoms with Crippen LogP contribution in [0.2, 0.25) is 5.02 Å². The quantitative estimate of drug-likeness (QED) is 0.720. The van der Waals surface area contributed by atoms with Gasteiger partial charge in [0, 0.05) is 12.2 Å². The Hall–Kier alpha value is -2.33. The summed E-state index contributed by atoms with van der Waals surface area (Å²) in [6, 6.07) is 11.4. The van der Waals surface area contributed by atoms with Crippen molar-refractivity contribution in [1.82, 2.24) is 0 Å². The minimum absolute atomic E-state index is 0.443. The highest BCUT2D eigenvalue weighted by Crippen LogP contribution is 2.30. The molecule has 23 heavy (non-hydrogen) atoms. The van der Waals surface area contributed by atoms with Gasteiger partial charge in [0.25, 0.3) is 0 Å². The first-order valence-electron chi connectivity index (χ1n) is 7.16. The summed E-state index contributed by atoms with van der Waals surface area (Å²) >= 11 is 6.12. The predicted molar refractivity (Wildman–Crippen MR) is 94.0 cm³/mol. The Morgan fingerprint density at radius 2 is 1.78 bits per heavy atom. The third-order valence-corrected chi connectivity index (χ3v) is 3.53. The molecule has 0 radical (unpaired) electrons. The van der Waals surface area contributed by atoms with Gasteiger partial charge in [-0.1, -0.05) is 30.3 Å². The molecular weight excluding hydrogens is 314 g/mol. The lowest BCUT2D eigenvalue weighted by Gasteiger charge is -2.12. The van der Waals surface area contributed by atoms with E-state index in [-0.39, 0.29) is 0 Å². The van der Waals surface area contributed by atoms with E-state index in [1.807, 2.05) is 36.4 Å². The maximum absolute atomic E-state index is 6.12. The van der Waals surface area contributed by atoms with E-state index in [0.29, 0.717) is 35.4 Å². The molecule has 0 aliphatic carbocycles. The predicted octanol–water partition coefficient (Wildman–Crippen LogP) is 4.53. The molecular formula is C18H20ClNO3. The molecule has 0 saturated heterocycles. The summed E-state index contributed by atoms with van der Waals surface area (Å²) in [4.78, 5) is 0. The van der Waals surface area contributed by atoms with E-state index in [9.17, 15) is 0 Å². The Bertz CT molecular complexity index is 673. The highest BCUT2D eigenvalue weighted by molar-refractivity contribution is 6.32. The molecule has 0 saturated carbocycles. The molecule has 0 unspecified atom stereocenters. The van der Waals surface area contributed by atoms with E-state index >= 15 is 0 Å². The first-order chi connectivity index (χ1) is 11.2. The zero-order valence-electron chi connectivity index (χ0n) is 13.3. The summed E-state index contributed by atoms with van der Waals surface area (Å²) in [6.07, 6.45) is 1.70. The molecule has 0 amide bonds. The SMILES string of the molecule is C=CCOc1ccc(CNc2ccc(OC)c(Cl)c2)cc1OC. The largest absolute Gasteiger partial charge is 0.495 e. The molecule has 2 aromatic rings. The number of benzene rings is 2. The third kappa shape index (κ3) is 4.57. The molecule has 0 bridgehead atoms. The van der Waals surface area contributed by atoms with Crippen LogP contribution in [0.1, 0.15) is 5.56 Å². The van der Waals surface area contributed by atoms with Gasteiger partial charge in [-0.25, -0.2) is 0 Å². The number of ether oxygens (including phenoxy) is 3. The van der Waals surface area contributed by atoms with E-state index in [1.165, 1.54) is 0 Å². The van der Waals surface area contributed by atoms with Gasteiger partial charge in [0.1, 0.15) is 12.4 Å². The lowest BCUT2D eigenvalue weighted by Crippen LogP contribution is -2.01. The highest BCUT2D eigenvalue weighted by atomic mass is 35.5. The minimum Gasteiger partial charge on any atom is -0.495 e. The second-order valence-electron chi connectivity index (χ2n) is 4.79. The van der Waals surface area contributed by atoms with Crippen LogP contribution in [-0.4, -0.2) is 20.8 Å². The molecule has 0 spiro atoms. The molecule has 122 valence electrons. The summed E-state index contributed by atoms with van der Waals surface area (Å²) in [5, 5.41) is 3.89. The lowest BCUT2D eigenvalue weighted by molar-refractivity contribution is 0.326. The van der Waals surface area contributed by atoms with Crippen LogP contribution in [0.3, 0.4) is 0 Å². The van der Waals surface area contributed by atoms with Gasteiger partial charge >= 0.3 is 0 Å². The van der Waals surface area contributed by atoms with E-state index < -0.39 is 0 Å². The summed E-state index contributed by atoms with van der Waals surface area (Å²) < 4.78 is 16.0. The minimum atomic E-state index is 0.443. The molecule has 5 heteroatoms. The maximum atomic E-state index is 6.12. The summed E-state index contributed by atoms with van der Waals surface area (Å²) in [7, 11) is 3.22. The zero-order valence-corrected chi connectivity index (χ0v) is 14.0. The number of anilines is 1. The monoisotopic (exact) mass is 333 g/mol. The first-order valence-corrected chi connectivity index (χ1v) is 7.53. The van der Waals surface area contributed by atoms with Crippen LogP contribution in [0.15, 0.2) is 49.1 Å². The van der Waals surface area contributed by atoms with E-state index in [1.54, 1.807) is 20.3 Å². The highest BCUT2D eigenvalue weighted by Gasteiger charge is 2.06. The second kappa shape index (κ2) is 8.34. The molecule has 1 N–H and O–H groups in total. The van der Waals surface area contributed by atoms with Crippen molar-refractivity contribution in [1.29, 1.82) is 0 Å². The number of hydrogen-bond acceptors (Lipinski definition) is 4. The maximum Gasteiger partial charge on any atom is 0.161 e. The fourth-order valence-electron chi connectivity index (χ4n) is 2.07. The van der Waals surface area contributed by atoms with E-state index in [4.69, 9.17) is 25.8 Å². The first kappa shape index (κ1) is 17.0. The van der Waals surface area contributed by atoms with Crippen molar-refractivity contribution >= 4 is 17.3 Å². The van der Waals surface area contributed by atoms with Gasteiger partial charge in [-0.15, -0.1) is 0 Å². The van der Waals surface area contributed by atoms with Gasteiger partial charge < -0.3 is 19.5 Å². The second-order valence-corrected chi connectivity index (χ2v) is 5.19. The molecule has 0 heterocycles. The van der Waals surface area contributed by atoms with Crippen LogP contribution >= 0.6 is 11.6 Å². The molecule has 2 rings (SSSR count). The fourth-order valence-corrected chi connectivity index (χ4v) is 2.33. The van der Waals surface area contributed by atoms with Crippen LogP contribution in [0.25, 0.3) is 0 Å². The third-order valence-electron chi connectivity index (χ3n) is 3.23. The van der Waals surface area contributed by atoms with Gasteiger partial charge in [0.15, 0.2) is 11.5 Å². The molecule has 0 aromatic heterocycles. The Morgan fingerprint density at radius 1 is 1.04 bits per heavy atom. The van der Waals surface area contributed by atoms with Crippen molar-refractivity contribution in [3.05, 3.63) is 59.6 Å². The Balaban J connectivity index is 2.05. The van der Waals surface area contributed by atoms with Crippen molar-refractivity contribution < 1.29 is 14.2 Å². The Labute approximate surface area is 141 Å². The van der Waals surface area contributed by atoms with Crippen LogP contribution < -0.4 is 19.5 Å². The smallest absolute Gasteiger partial charge is 0.161 e.